The highest BCUT2D eigenvalue weighted by Gasteiger charge is 2.20. The number of hydrogen-bond acceptors (Lipinski definition) is 7. The van der Waals surface area contributed by atoms with Gasteiger partial charge in [-0.25, -0.2) is 0 Å². The van der Waals surface area contributed by atoms with Gasteiger partial charge in [-0.15, -0.1) is 0 Å². The number of aliphatic imine (C=N–C) groups is 1. The zero-order valence-corrected chi connectivity index (χ0v) is 25.5. The second kappa shape index (κ2) is 14.6. The molecule has 1 amide bonds. The van der Waals surface area contributed by atoms with Gasteiger partial charge < -0.3 is 36.6 Å². The number of amides is 1. The van der Waals surface area contributed by atoms with Crippen LogP contribution in [-0.2, 0) is 17.6 Å². The van der Waals surface area contributed by atoms with Gasteiger partial charge in [0.15, 0.2) is 11.7 Å². The summed E-state index contributed by atoms with van der Waals surface area (Å²) in [5.74, 6) is 0.415. The van der Waals surface area contributed by atoms with Crippen LogP contribution < -0.4 is 26.3 Å². The van der Waals surface area contributed by atoms with Crippen molar-refractivity contribution in [3.8, 4) is 17.2 Å². The van der Waals surface area contributed by atoms with Crippen molar-refractivity contribution in [2.45, 2.75) is 19.3 Å². The molecular weight excluding hydrogens is 734 g/mol. The summed E-state index contributed by atoms with van der Waals surface area (Å²) in [5, 5.41) is 25.5. The summed E-state index contributed by atoms with van der Waals surface area (Å²) < 4.78 is 13.5. The second-order valence-electron chi connectivity index (χ2n) is 7.34. The van der Waals surface area contributed by atoms with Crippen molar-refractivity contribution in [2.24, 2.45) is 21.6 Å². The molecule has 36 heavy (non-hydrogen) atoms. The highest BCUT2D eigenvalue weighted by atomic mass is 79.9. The molecule has 196 valence electrons. The van der Waals surface area contributed by atoms with E-state index in [4.69, 9.17) is 20.9 Å². The third-order valence-corrected chi connectivity index (χ3v) is 7.28. The van der Waals surface area contributed by atoms with Crippen LogP contribution in [0.3, 0.4) is 0 Å². The van der Waals surface area contributed by atoms with Gasteiger partial charge in [-0.2, -0.15) is 0 Å². The van der Waals surface area contributed by atoms with Gasteiger partial charge in [-0.3, -0.25) is 9.79 Å². The number of carbonyl (C=O) groups excluding carboxylic acids is 1. The first-order chi connectivity index (χ1) is 17.1. The zero-order chi connectivity index (χ0) is 26.8. The molecule has 0 fully saturated rings. The summed E-state index contributed by atoms with van der Waals surface area (Å²) in [6, 6.07) is 5.45. The number of phenols is 1. The van der Waals surface area contributed by atoms with E-state index in [0.29, 0.717) is 52.0 Å². The number of guanidine groups is 1. The molecule has 0 saturated heterocycles. The van der Waals surface area contributed by atoms with Crippen LogP contribution in [0.2, 0.25) is 0 Å². The number of methoxy groups -OCH3 is 1. The Morgan fingerprint density at radius 2 is 1.72 bits per heavy atom. The molecule has 10 nitrogen and oxygen atoms in total. The molecular formula is C22H25Br4N5O5. The first-order valence-corrected chi connectivity index (χ1v) is 13.6. The van der Waals surface area contributed by atoms with E-state index in [9.17, 15) is 15.1 Å². The third kappa shape index (κ3) is 8.53. The van der Waals surface area contributed by atoms with Crippen LogP contribution in [0.25, 0.3) is 0 Å². The fourth-order valence-electron chi connectivity index (χ4n) is 3.06. The Bertz CT molecular complexity index is 1130. The van der Waals surface area contributed by atoms with Gasteiger partial charge in [-0.05, 0) is 100 Å². The molecule has 0 unspecified atom stereocenters. The molecule has 0 aliphatic rings. The zero-order valence-electron chi connectivity index (χ0n) is 19.2. The molecule has 0 saturated carbocycles. The van der Waals surface area contributed by atoms with Crippen LogP contribution in [0.15, 0.2) is 46.2 Å². The van der Waals surface area contributed by atoms with Crippen molar-refractivity contribution >= 4 is 81.3 Å². The lowest BCUT2D eigenvalue weighted by atomic mass is 10.1. The van der Waals surface area contributed by atoms with Crippen LogP contribution >= 0.6 is 63.7 Å². The number of oxime groups is 1. The normalized spacial score (nSPS) is 11.2. The molecule has 0 radical (unpaired) electrons. The molecule has 14 heteroatoms. The predicted octanol–water partition coefficient (Wildman–Crippen LogP) is 4.22. The van der Waals surface area contributed by atoms with E-state index in [0.717, 1.165) is 14.5 Å². The Morgan fingerprint density at radius 1 is 1.08 bits per heavy atom. The lowest BCUT2D eigenvalue weighted by Gasteiger charge is -2.14. The number of halogens is 4. The van der Waals surface area contributed by atoms with Crippen LogP contribution in [-0.4, -0.2) is 54.7 Å². The molecule has 0 aromatic heterocycles. The van der Waals surface area contributed by atoms with E-state index in [1.165, 1.54) is 7.11 Å². The number of ether oxygens (including phenoxy) is 2. The highest BCUT2D eigenvalue weighted by Crippen LogP contribution is 2.42. The van der Waals surface area contributed by atoms with Gasteiger partial charge in [0, 0.05) is 25.1 Å². The maximum absolute atomic E-state index is 12.5. The van der Waals surface area contributed by atoms with Crippen molar-refractivity contribution < 1.29 is 24.6 Å². The van der Waals surface area contributed by atoms with Crippen LogP contribution in [0.5, 0.6) is 17.2 Å². The van der Waals surface area contributed by atoms with E-state index in [2.05, 4.69) is 79.2 Å². The van der Waals surface area contributed by atoms with E-state index in [1.54, 1.807) is 6.07 Å². The molecule has 2 rings (SSSR count). The van der Waals surface area contributed by atoms with Gasteiger partial charge in [0.2, 0.25) is 0 Å². The van der Waals surface area contributed by atoms with E-state index in [-0.39, 0.29) is 30.4 Å². The minimum absolute atomic E-state index is 0.0533. The van der Waals surface area contributed by atoms with E-state index in [1.807, 2.05) is 12.1 Å². The summed E-state index contributed by atoms with van der Waals surface area (Å²) in [6.45, 7) is 1.09. The second-order valence-corrected chi connectivity index (χ2v) is 10.7. The average Bonchev–Trinajstić information content (AvgIpc) is 2.81. The number of hydrogen-bond donors (Lipinski definition) is 5. The number of aromatic hydroxyl groups is 1. The Kier molecular flexibility index (Phi) is 12.3. The summed E-state index contributed by atoms with van der Waals surface area (Å²) in [5.41, 5.74) is 11.9. The van der Waals surface area contributed by atoms with Crippen molar-refractivity contribution in [2.75, 3.05) is 26.8 Å². The fraction of sp³-hybridized carbons (Fsp3) is 0.318. The Morgan fingerprint density at radius 3 is 2.31 bits per heavy atom. The summed E-state index contributed by atoms with van der Waals surface area (Å²) in [6.07, 6.45) is 1.07. The van der Waals surface area contributed by atoms with Crippen molar-refractivity contribution in [3.05, 3.63) is 47.2 Å². The molecule has 0 heterocycles. The number of nitrogens with one attached hydrogen (secondary N) is 1. The van der Waals surface area contributed by atoms with Crippen molar-refractivity contribution in [1.29, 1.82) is 0 Å². The summed E-state index contributed by atoms with van der Waals surface area (Å²) in [4.78, 5) is 16.5. The number of carbonyl (C=O) groups is 1. The fourth-order valence-corrected chi connectivity index (χ4v) is 6.11. The Labute approximate surface area is 242 Å². The lowest BCUT2D eigenvalue weighted by molar-refractivity contribution is -0.115. The highest BCUT2D eigenvalue weighted by molar-refractivity contribution is 9.11. The standard InChI is InChI=1S/C22H25Br4N5O5/c1-35-20-15(25)9-12(18(32)17(20)26)10-16(31-34)21(33)29-4-2-6-36-19-13(23)7-11(8-14(19)24)3-5-30-22(27)28/h7-9,32,34H,2-6,10H2,1H3,(H,29,33)(H4,27,28,30). The molecule has 0 bridgehead atoms. The van der Waals surface area contributed by atoms with Gasteiger partial charge in [0.1, 0.15) is 21.7 Å². The monoisotopic (exact) mass is 755 g/mol. The molecule has 0 aliphatic heterocycles. The molecule has 0 aliphatic carbocycles. The maximum atomic E-state index is 12.5. The number of rotatable bonds is 12. The quantitative estimate of drug-likeness (QED) is 0.0711. The smallest absolute Gasteiger partial charge is 0.269 e. The van der Waals surface area contributed by atoms with Gasteiger partial charge in [0.25, 0.3) is 5.91 Å². The molecule has 0 spiro atoms. The minimum Gasteiger partial charge on any atom is -0.506 e. The molecule has 0 atom stereocenters. The Hall–Kier alpha value is -2.03. The van der Waals surface area contributed by atoms with Crippen molar-refractivity contribution in [3.63, 3.8) is 0 Å². The molecule has 7 N–H and O–H groups in total. The first-order valence-electron chi connectivity index (χ1n) is 10.5. The van der Waals surface area contributed by atoms with Crippen molar-refractivity contribution in [1.82, 2.24) is 5.32 Å². The SMILES string of the molecule is COc1c(Br)cc(CC(=NO)C(=O)NCCCOc2c(Br)cc(CCN=C(N)N)cc2Br)c(O)c1Br. The minimum atomic E-state index is -0.563. The summed E-state index contributed by atoms with van der Waals surface area (Å²) >= 11 is 13.6. The number of phenolic OH excluding ortho intramolecular Hbond substituents is 1. The Balaban J connectivity index is 1.87. The van der Waals surface area contributed by atoms with Gasteiger partial charge in [0.05, 0.1) is 27.1 Å². The first kappa shape index (κ1) is 30.2. The van der Waals surface area contributed by atoms with Gasteiger partial charge >= 0.3 is 0 Å². The van der Waals surface area contributed by atoms with E-state index < -0.39 is 5.91 Å². The third-order valence-electron chi connectivity index (χ3n) is 4.78. The maximum Gasteiger partial charge on any atom is 0.269 e. The number of nitrogens with zero attached hydrogens (tertiary/aromatic N) is 2. The van der Waals surface area contributed by atoms with Gasteiger partial charge in [-0.1, -0.05) is 5.16 Å². The number of nitrogens with two attached hydrogens (primary N) is 2. The van der Waals surface area contributed by atoms with Crippen LogP contribution in [0.4, 0.5) is 0 Å². The lowest BCUT2D eigenvalue weighted by Crippen LogP contribution is -2.33. The number of benzene rings is 2. The average molecular weight is 759 g/mol. The molecule has 2 aromatic carbocycles. The molecule has 2 aromatic rings. The topological polar surface area (TPSA) is 165 Å². The van der Waals surface area contributed by atoms with E-state index >= 15 is 0 Å². The largest absolute Gasteiger partial charge is 0.506 e. The van der Waals surface area contributed by atoms with Crippen LogP contribution in [0, 0.1) is 0 Å². The summed E-state index contributed by atoms with van der Waals surface area (Å²) in [7, 11) is 1.46. The van der Waals surface area contributed by atoms with Crippen LogP contribution in [0.1, 0.15) is 17.5 Å². The predicted molar refractivity (Wildman–Crippen MR) is 152 cm³/mol.